The predicted molar refractivity (Wildman–Crippen MR) is 115 cm³/mol. The summed E-state index contributed by atoms with van der Waals surface area (Å²) >= 11 is 0. The lowest BCUT2D eigenvalue weighted by atomic mass is 10.0. The Morgan fingerprint density at radius 3 is 2.03 bits per heavy atom. The van der Waals surface area contributed by atoms with Gasteiger partial charge in [0, 0.05) is 24.7 Å². The molecule has 0 saturated carbocycles. The second-order valence-corrected chi connectivity index (χ2v) is 6.89. The van der Waals surface area contributed by atoms with Gasteiger partial charge < -0.3 is 48.2 Å². The Kier molecular flexibility index (Phi) is 8.32. The maximum Gasteiger partial charge on any atom is 0.221 e. The van der Waals surface area contributed by atoms with Crippen LogP contribution >= 0.6 is 0 Å². The van der Waals surface area contributed by atoms with Gasteiger partial charge in [-0.15, -0.1) is 0 Å². The van der Waals surface area contributed by atoms with Crippen molar-refractivity contribution in [2.24, 2.45) is 7.05 Å². The molecular formula is C23H27IN2O5. The molecule has 1 aromatic heterocycles. The van der Waals surface area contributed by atoms with Crippen molar-refractivity contribution in [1.29, 1.82) is 0 Å². The molecule has 1 N–H and O–H groups in total. The minimum Gasteiger partial charge on any atom is -1.00 e. The number of amides is 1. The molecule has 2 aromatic carbocycles. The lowest BCUT2D eigenvalue weighted by Crippen LogP contribution is -3.00. The van der Waals surface area contributed by atoms with E-state index in [2.05, 4.69) is 9.88 Å². The zero-order chi connectivity index (χ0) is 21.8. The molecule has 0 aliphatic rings. The zero-order valence-electron chi connectivity index (χ0n) is 18.5. The van der Waals surface area contributed by atoms with E-state index in [1.54, 1.807) is 34.5 Å². The van der Waals surface area contributed by atoms with E-state index in [1.165, 1.54) is 6.92 Å². The van der Waals surface area contributed by atoms with Crippen LogP contribution in [0.3, 0.4) is 0 Å². The summed E-state index contributed by atoms with van der Waals surface area (Å²) in [5.41, 5.74) is 2.63. The Balaban J connectivity index is 0.00000341. The molecule has 0 aliphatic heterocycles. The van der Waals surface area contributed by atoms with Gasteiger partial charge in [-0.05, 0) is 29.1 Å². The topological polar surface area (TPSA) is 69.9 Å². The van der Waals surface area contributed by atoms with E-state index in [4.69, 9.17) is 18.9 Å². The van der Waals surface area contributed by atoms with Gasteiger partial charge in [-0.1, -0.05) is 0 Å². The molecule has 7 nitrogen and oxygen atoms in total. The molecule has 0 fully saturated rings. The molecule has 31 heavy (non-hydrogen) atoms. The van der Waals surface area contributed by atoms with Crippen LogP contribution in [0.2, 0.25) is 0 Å². The van der Waals surface area contributed by atoms with Crippen LogP contribution in [0.15, 0.2) is 36.5 Å². The number of aromatic nitrogens is 1. The van der Waals surface area contributed by atoms with Crippen molar-refractivity contribution in [2.45, 2.75) is 13.3 Å². The Morgan fingerprint density at radius 1 is 0.903 bits per heavy atom. The van der Waals surface area contributed by atoms with Crippen LogP contribution < -0.4 is 52.8 Å². The molecule has 0 radical (unpaired) electrons. The van der Waals surface area contributed by atoms with Crippen LogP contribution in [0, 0.1) is 0 Å². The Hall–Kier alpha value is -2.75. The number of benzene rings is 2. The summed E-state index contributed by atoms with van der Waals surface area (Å²) in [6.45, 7) is 1.48. The second-order valence-electron chi connectivity index (χ2n) is 6.89. The fraction of sp³-hybridized carbons (Fsp3) is 0.304. The van der Waals surface area contributed by atoms with Crippen molar-refractivity contribution < 1.29 is 52.3 Å². The highest BCUT2D eigenvalue weighted by atomic mass is 127. The highest BCUT2D eigenvalue weighted by Gasteiger charge is 2.20. The van der Waals surface area contributed by atoms with Crippen molar-refractivity contribution in [3.63, 3.8) is 0 Å². The summed E-state index contributed by atoms with van der Waals surface area (Å²) in [5, 5.41) is 4.96. The first-order valence-corrected chi connectivity index (χ1v) is 9.47. The van der Waals surface area contributed by atoms with Crippen LogP contribution in [0.5, 0.6) is 23.0 Å². The summed E-state index contributed by atoms with van der Waals surface area (Å²) in [5.74, 6) is 2.33. The largest absolute Gasteiger partial charge is 1.00 e. The third kappa shape index (κ3) is 5.12. The molecule has 0 spiro atoms. The van der Waals surface area contributed by atoms with Gasteiger partial charge in [0.1, 0.15) is 7.05 Å². The van der Waals surface area contributed by atoms with Crippen molar-refractivity contribution in [3.8, 4) is 23.0 Å². The quantitative estimate of drug-likeness (QED) is 0.345. The highest BCUT2D eigenvalue weighted by Crippen LogP contribution is 2.36. The van der Waals surface area contributed by atoms with Gasteiger partial charge >= 0.3 is 0 Å². The first kappa shape index (κ1) is 24.5. The van der Waals surface area contributed by atoms with Crippen LogP contribution in [0.1, 0.15) is 18.2 Å². The maximum absolute atomic E-state index is 11.8. The van der Waals surface area contributed by atoms with E-state index in [9.17, 15) is 4.79 Å². The summed E-state index contributed by atoms with van der Waals surface area (Å²) in [7, 11) is 8.39. The van der Waals surface area contributed by atoms with Gasteiger partial charge in [0.2, 0.25) is 5.91 Å². The number of hydrogen-bond donors (Lipinski definition) is 1. The number of carbonyl (C=O) groups is 1. The van der Waals surface area contributed by atoms with Gasteiger partial charge in [0.05, 0.1) is 40.2 Å². The number of fused-ring (bicyclic) bond motifs is 1. The third-order valence-corrected chi connectivity index (χ3v) is 5.05. The van der Waals surface area contributed by atoms with E-state index in [-0.39, 0.29) is 29.9 Å². The third-order valence-electron chi connectivity index (χ3n) is 5.05. The Morgan fingerprint density at radius 2 is 1.45 bits per heavy atom. The summed E-state index contributed by atoms with van der Waals surface area (Å²) in [4.78, 5) is 11.8. The fourth-order valence-corrected chi connectivity index (χ4v) is 3.53. The number of rotatable bonds is 7. The van der Waals surface area contributed by atoms with Gasteiger partial charge in [-0.25, -0.2) is 4.57 Å². The van der Waals surface area contributed by atoms with Crippen LogP contribution in [0.4, 0.5) is 5.69 Å². The van der Waals surface area contributed by atoms with E-state index >= 15 is 0 Å². The standard InChI is InChI=1S/C23H26N2O5.HI/c1-14(26)24-18-13-23(30-6)21(28-4)11-16(18)9-19-17-12-22(29-5)20(27-3)10-15(17)7-8-25(19)2;/h7-8,10-13H,9H2,1-6H3;1H. The zero-order valence-corrected chi connectivity index (χ0v) is 20.7. The monoisotopic (exact) mass is 538 g/mol. The number of anilines is 1. The average Bonchev–Trinajstić information content (AvgIpc) is 2.74. The van der Waals surface area contributed by atoms with E-state index in [1.807, 2.05) is 37.5 Å². The van der Waals surface area contributed by atoms with E-state index in [0.29, 0.717) is 35.1 Å². The van der Waals surface area contributed by atoms with Gasteiger partial charge in [-0.3, -0.25) is 4.79 Å². The predicted octanol–water partition coefficient (Wildman–Crippen LogP) is 0.252. The lowest BCUT2D eigenvalue weighted by molar-refractivity contribution is -0.677. The van der Waals surface area contributed by atoms with Crippen molar-refractivity contribution in [1.82, 2.24) is 0 Å². The molecular weight excluding hydrogens is 511 g/mol. The normalized spacial score (nSPS) is 10.3. The minimum absolute atomic E-state index is 0. The van der Waals surface area contributed by atoms with Crippen LogP contribution in [-0.4, -0.2) is 34.3 Å². The highest BCUT2D eigenvalue weighted by molar-refractivity contribution is 5.91. The average molecular weight is 538 g/mol. The van der Waals surface area contributed by atoms with Crippen molar-refractivity contribution >= 4 is 22.4 Å². The number of halogens is 1. The molecule has 0 atom stereocenters. The smallest absolute Gasteiger partial charge is 0.221 e. The Labute approximate surface area is 199 Å². The van der Waals surface area contributed by atoms with Gasteiger partial charge in [0.15, 0.2) is 34.9 Å². The maximum atomic E-state index is 11.8. The molecule has 3 rings (SSSR count). The number of nitrogens with zero attached hydrogens (tertiary/aromatic N) is 1. The van der Waals surface area contributed by atoms with Crippen LogP contribution in [-0.2, 0) is 18.3 Å². The summed E-state index contributed by atoms with van der Waals surface area (Å²) < 4.78 is 23.9. The summed E-state index contributed by atoms with van der Waals surface area (Å²) in [6, 6.07) is 9.64. The number of carbonyl (C=O) groups excluding carboxylic acids is 1. The molecule has 0 saturated heterocycles. The van der Waals surface area contributed by atoms with Crippen LogP contribution in [0.25, 0.3) is 10.8 Å². The number of aryl methyl sites for hydroxylation is 1. The van der Waals surface area contributed by atoms with E-state index < -0.39 is 0 Å². The molecule has 0 bridgehead atoms. The molecule has 1 amide bonds. The number of hydrogen-bond acceptors (Lipinski definition) is 5. The number of pyridine rings is 1. The van der Waals surface area contributed by atoms with E-state index in [0.717, 1.165) is 22.0 Å². The molecule has 166 valence electrons. The van der Waals surface area contributed by atoms with Crippen molar-refractivity contribution in [3.05, 3.63) is 47.8 Å². The fourth-order valence-electron chi connectivity index (χ4n) is 3.53. The minimum atomic E-state index is -0.155. The molecule has 8 heteroatoms. The summed E-state index contributed by atoms with van der Waals surface area (Å²) in [6.07, 6.45) is 2.56. The lowest BCUT2D eigenvalue weighted by Gasteiger charge is -2.16. The second kappa shape index (κ2) is 10.5. The molecule has 3 aromatic rings. The van der Waals surface area contributed by atoms with Gasteiger partial charge in [0.25, 0.3) is 0 Å². The van der Waals surface area contributed by atoms with Gasteiger partial charge in [-0.2, -0.15) is 0 Å². The Bertz CT molecular complexity index is 1100. The molecule has 0 aliphatic carbocycles. The first-order chi connectivity index (χ1) is 14.4. The number of methoxy groups -OCH3 is 4. The SMILES string of the molecule is COc1cc(Cc2c3cc(OC)c(OC)cc3cc[n+]2C)c(NC(C)=O)cc1OC.[I-]. The number of nitrogens with one attached hydrogen (secondary N) is 1. The first-order valence-electron chi connectivity index (χ1n) is 9.47. The molecule has 1 heterocycles. The van der Waals surface area contributed by atoms with Crippen molar-refractivity contribution in [2.75, 3.05) is 33.8 Å². The molecule has 0 unspecified atom stereocenters. The number of ether oxygens (including phenoxy) is 4.